The zero-order valence-electron chi connectivity index (χ0n) is 17.7. The molecule has 1 amide bonds. The van der Waals surface area contributed by atoms with E-state index in [9.17, 15) is 4.79 Å². The number of amides is 1. The third kappa shape index (κ3) is 4.78. The van der Waals surface area contributed by atoms with E-state index in [0.29, 0.717) is 33.9 Å². The number of rotatable bonds is 7. The van der Waals surface area contributed by atoms with Gasteiger partial charge in [0.2, 0.25) is 12.7 Å². The van der Waals surface area contributed by atoms with Crippen molar-refractivity contribution in [2.45, 2.75) is 5.16 Å². The summed E-state index contributed by atoms with van der Waals surface area (Å²) in [6.45, 7) is 0.216. The van der Waals surface area contributed by atoms with E-state index in [0.717, 1.165) is 16.6 Å². The molecule has 0 aliphatic carbocycles. The van der Waals surface area contributed by atoms with Crippen molar-refractivity contribution in [2.75, 3.05) is 30.3 Å². The Morgan fingerprint density at radius 3 is 2.79 bits per heavy atom. The van der Waals surface area contributed by atoms with Crippen LogP contribution in [-0.4, -0.2) is 35.5 Å². The molecular formula is C24H20N4O4S. The highest BCUT2D eigenvalue weighted by atomic mass is 32.2. The second kappa shape index (κ2) is 9.25. The van der Waals surface area contributed by atoms with E-state index in [-0.39, 0.29) is 18.5 Å². The number of anilines is 3. The molecule has 2 heterocycles. The minimum absolute atomic E-state index is 0.157. The first-order valence-corrected chi connectivity index (χ1v) is 11.2. The Morgan fingerprint density at radius 2 is 1.88 bits per heavy atom. The van der Waals surface area contributed by atoms with Gasteiger partial charge >= 0.3 is 0 Å². The molecule has 166 valence electrons. The molecular weight excluding hydrogens is 440 g/mol. The minimum atomic E-state index is -0.157. The lowest BCUT2D eigenvalue weighted by Crippen LogP contribution is -2.14. The van der Waals surface area contributed by atoms with Gasteiger partial charge in [-0.05, 0) is 36.4 Å². The van der Waals surface area contributed by atoms with Crippen LogP contribution in [-0.2, 0) is 4.79 Å². The molecule has 0 saturated heterocycles. The summed E-state index contributed by atoms with van der Waals surface area (Å²) in [6, 6.07) is 20.6. The number of aromatic nitrogens is 2. The quantitative estimate of drug-likeness (QED) is 0.299. The molecule has 0 bridgehead atoms. The molecule has 2 N–H and O–H groups in total. The van der Waals surface area contributed by atoms with Gasteiger partial charge in [0, 0.05) is 28.9 Å². The van der Waals surface area contributed by atoms with Crippen LogP contribution in [0.2, 0.25) is 0 Å². The first-order valence-electron chi connectivity index (χ1n) is 10.2. The van der Waals surface area contributed by atoms with Gasteiger partial charge in [-0.15, -0.1) is 0 Å². The fourth-order valence-electron chi connectivity index (χ4n) is 3.35. The van der Waals surface area contributed by atoms with Gasteiger partial charge in [-0.1, -0.05) is 30.0 Å². The Balaban J connectivity index is 1.33. The largest absolute Gasteiger partial charge is 0.497 e. The van der Waals surface area contributed by atoms with E-state index < -0.39 is 0 Å². The van der Waals surface area contributed by atoms with Crippen LogP contribution in [0.4, 0.5) is 17.2 Å². The Hall–Kier alpha value is -3.98. The predicted molar refractivity (Wildman–Crippen MR) is 128 cm³/mol. The average Bonchev–Trinajstić information content (AvgIpc) is 3.31. The van der Waals surface area contributed by atoms with E-state index in [1.165, 1.54) is 11.8 Å². The molecule has 1 aliphatic heterocycles. The summed E-state index contributed by atoms with van der Waals surface area (Å²) in [5.41, 5.74) is 2.27. The van der Waals surface area contributed by atoms with Gasteiger partial charge in [0.15, 0.2) is 16.7 Å². The standard InChI is InChI=1S/C24H20N4O4S/c1-30-17-6-4-5-15(11-17)25-22(29)13-33-24-27-19-8-3-2-7-18(19)23(28-24)26-16-9-10-20-21(12-16)32-14-31-20/h2-12H,13-14H2,1H3,(H,25,29)(H,26,27,28). The number of para-hydroxylation sites is 1. The maximum absolute atomic E-state index is 12.5. The molecule has 33 heavy (non-hydrogen) atoms. The van der Waals surface area contributed by atoms with Crippen molar-refractivity contribution in [3.8, 4) is 17.2 Å². The van der Waals surface area contributed by atoms with Gasteiger partial charge in [0.25, 0.3) is 0 Å². The van der Waals surface area contributed by atoms with Crippen LogP contribution in [0.15, 0.2) is 71.9 Å². The topological polar surface area (TPSA) is 94.6 Å². The zero-order valence-corrected chi connectivity index (χ0v) is 18.5. The van der Waals surface area contributed by atoms with Gasteiger partial charge in [0.05, 0.1) is 18.4 Å². The minimum Gasteiger partial charge on any atom is -0.497 e. The van der Waals surface area contributed by atoms with Crippen LogP contribution < -0.4 is 24.8 Å². The maximum Gasteiger partial charge on any atom is 0.234 e. The summed E-state index contributed by atoms with van der Waals surface area (Å²) in [5, 5.41) is 7.58. The van der Waals surface area contributed by atoms with E-state index in [2.05, 4.69) is 20.6 Å². The van der Waals surface area contributed by atoms with Crippen LogP contribution >= 0.6 is 11.8 Å². The number of fused-ring (bicyclic) bond motifs is 2. The zero-order chi connectivity index (χ0) is 22.6. The van der Waals surface area contributed by atoms with Crippen LogP contribution in [0.1, 0.15) is 0 Å². The molecule has 0 unspecified atom stereocenters. The highest BCUT2D eigenvalue weighted by Crippen LogP contribution is 2.36. The number of nitrogens with zero attached hydrogens (tertiary/aromatic N) is 2. The molecule has 1 aromatic heterocycles. The number of nitrogens with one attached hydrogen (secondary N) is 2. The summed E-state index contributed by atoms with van der Waals surface area (Å²) in [7, 11) is 1.59. The molecule has 4 aromatic rings. The van der Waals surface area contributed by atoms with E-state index in [4.69, 9.17) is 14.2 Å². The predicted octanol–water partition coefficient (Wildman–Crippen LogP) is 4.84. The average molecular weight is 461 g/mol. The second-order valence-corrected chi connectivity index (χ2v) is 8.08. The van der Waals surface area contributed by atoms with Crippen LogP contribution in [0.3, 0.4) is 0 Å². The summed E-state index contributed by atoms with van der Waals surface area (Å²) >= 11 is 1.27. The monoisotopic (exact) mass is 460 g/mol. The lowest BCUT2D eigenvalue weighted by molar-refractivity contribution is -0.113. The maximum atomic E-state index is 12.5. The van der Waals surface area contributed by atoms with Crippen molar-refractivity contribution in [3.05, 3.63) is 66.7 Å². The molecule has 3 aromatic carbocycles. The van der Waals surface area contributed by atoms with Gasteiger partial charge < -0.3 is 24.8 Å². The highest BCUT2D eigenvalue weighted by Gasteiger charge is 2.15. The van der Waals surface area contributed by atoms with Gasteiger partial charge in [-0.2, -0.15) is 0 Å². The van der Waals surface area contributed by atoms with Crippen molar-refractivity contribution >= 4 is 45.8 Å². The number of ether oxygens (including phenoxy) is 3. The van der Waals surface area contributed by atoms with Crippen molar-refractivity contribution in [1.82, 2.24) is 9.97 Å². The molecule has 0 radical (unpaired) electrons. The highest BCUT2D eigenvalue weighted by molar-refractivity contribution is 7.99. The molecule has 0 spiro atoms. The third-order valence-corrected chi connectivity index (χ3v) is 5.75. The first-order chi connectivity index (χ1) is 16.2. The number of hydrogen-bond donors (Lipinski definition) is 2. The van der Waals surface area contributed by atoms with E-state index >= 15 is 0 Å². The summed E-state index contributed by atoms with van der Waals surface area (Å²) in [5.74, 6) is 2.73. The Labute approximate surface area is 194 Å². The molecule has 8 nitrogen and oxygen atoms in total. The molecule has 0 fully saturated rings. The Bertz CT molecular complexity index is 1330. The van der Waals surface area contributed by atoms with Gasteiger partial charge in [0.1, 0.15) is 11.6 Å². The van der Waals surface area contributed by atoms with Gasteiger partial charge in [-0.25, -0.2) is 9.97 Å². The van der Waals surface area contributed by atoms with Crippen molar-refractivity contribution in [2.24, 2.45) is 0 Å². The molecule has 9 heteroatoms. The number of hydrogen-bond acceptors (Lipinski definition) is 8. The molecule has 0 atom stereocenters. The number of carbonyl (C=O) groups excluding carboxylic acids is 1. The SMILES string of the molecule is COc1cccc(NC(=O)CSc2nc(Nc3ccc4c(c3)OCO4)c3ccccc3n2)c1. The van der Waals surface area contributed by atoms with Gasteiger partial charge in [-0.3, -0.25) is 4.79 Å². The van der Waals surface area contributed by atoms with Crippen LogP contribution in [0.5, 0.6) is 17.2 Å². The van der Waals surface area contributed by atoms with Crippen LogP contribution in [0.25, 0.3) is 10.9 Å². The lowest BCUT2D eigenvalue weighted by atomic mass is 10.2. The Morgan fingerprint density at radius 1 is 1.00 bits per heavy atom. The number of thioether (sulfide) groups is 1. The molecule has 5 rings (SSSR count). The van der Waals surface area contributed by atoms with Crippen molar-refractivity contribution in [3.63, 3.8) is 0 Å². The normalized spacial score (nSPS) is 11.9. The van der Waals surface area contributed by atoms with Crippen molar-refractivity contribution in [1.29, 1.82) is 0 Å². The molecule has 0 saturated carbocycles. The number of carbonyl (C=O) groups is 1. The first kappa shape index (κ1) is 20.9. The summed E-state index contributed by atoms with van der Waals surface area (Å²) in [4.78, 5) is 21.7. The van der Waals surface area contributed by atoms with Crippen LogP contribution in [0, 0.1) is 0 Å². The number of methoxy groups -OCH3 is 1. The second-order valence-electron chi connectivity index (χ2n) is 7.13. The smallest absolute Gasteiger partial charge is 0.234 e. The number of benzene rings is 3. The van der Waals surface area contributed by atoms with Crippen molar-refractivity contribution < 1.29 is 19.0 Å². The lowest BCUT2D eigenvalue weighted by Gasteiger charge is -2.11. The third-order valence-electron chi connectivity index (χ3n) is 4.90. The fraction of sp³-hybridized carbons (Fsp3) is 0.125. The Kier molecular flexibility index (Phi) is 5.86. The summed E-state index contributed by atoms with van der Waals surface area (Å²) < 4.78 is 16.0. The summed E-state index contributed by atoms with van der Waals surface area (Å²) in [6.07, 6.45) is 0. The fourth-order valence-corrected chi connectivity index (χ4v) is 4.01. The molecule has 1 aliphatic rings. The van der Waals surface area contributed by atoms with E-state index in [1.54, 1.807) is 13.2 Å². The van der Waals surface area contributed by atoms with E-state index in [1.807, 2.05) is 60.7 Å².